The highest BCUT2D eigenvalue weighted by atomic mass is 28.3. The lowest BCUT2D eigenvalue weighted by molar-refractivity contribution is 0.196. The van der Waals surface area contributed by atoms with Crippen LogP contribution in [0.5, 0.6) is 0 Å². The van der Waals surface area contributed by atoms with Gasteiger partial charge in [0, 0.05) is 0 Å². The molecule has 0 amide bonds. The second-order valence-electron chi connectivity index (χ2n) is 6.57. The van der Waals surface area contributed by atoms with Crippen molar-refractivity contribution in [2.24, 2.45) is 0 Å². The average Bonchev–Trinajstić information content (AvgIpc) is 2.62. The number of benzene rings is 3. The molecule has 1 atom stereocenters. The normalized spacial score (nSPS) is 12.8. The molecule has 0 saturated heterocycles. The molecule has 3 aromatic rings. The van der Waals surface area contributed by atoms with Gasteiger partial charge in [0.25, 0.3) is 0 Å². The quantitative estimate of drug-likeness (QED) is 0.563. The molecule has 3 aromatic carbocycles. The Balaban J connectivity index is 2.24. The van der Waals surface area contributed by atoms with E-state index in [9.17, 15) is 5.11 Å². The highest BCUT2D eigenvalue weighted by Crippen LogP contribution is 2.12. The van der Waals surface area contributed by atoms with Crippen LogP contribution in [-0.4, -0.2) is 19.3 Å². The maximum absolute atomic E-state index is 9.95. The minimum Gasteiger partial charge on any atom is -0.393 e. The molecule has 0 fully saturated rings. The Bertz CT molecular complexity index is 742. The van der Waals surface area contributed by atoms with Crippen LogP contribution in [0.15, 0.2) is 84.9 Å². The Morgan fingerprint density at radius 3 is 1.71 bits per heavy atom. The second kappa shape index (κ2) is 7.16. The lowest BCUT2D eigenvalue weighted by Crippen LogP contribution is -2.65. The van der Waals surface area contributed by atoms with Gasteiger partial charge >= 0.3 is 0 Å². The SMILES string of the molecule is CC(O)Cc1ccccc1[Si](C)(c1ccccc1)c1ccccc1. The van der Waals surface area contributed by atoms with E-state index in [1.165, 1.54) is 21.1 Å². The molecule has 0 aliphatic carbocycles. The number of aliphatic hydroxyl groups excluding tert-OH is 1. The molecule has 0 aromatic heterocycles. The molecule has 3 rings (SSSR count). The summed E-state index contributed by atoms with van der Waals surface area (Å²) in [6.07, 6.45) is 0.356. The first-order chi connectivity index (χ1) is 11.6. The van der Waals surface area contributed by atoms with Crippen molar-refractivity contribution in [3.8, 4) is 0 Å². The molecule has 2 heteroatoms. The Hall–Kier alpha value is -2.16. The van der Waals surface area contributed by atoms with E-state index in [1.807, 2.05) is 6.92 Å². The highest BCUT2D eigenvalue weighted by Gasteiger charge is 2.35. The minimum atomic E-state index is -2.10. The van der Waals surface area contributed by atoms with Crippen molar-refractivity contribution < 1.29 is 5.11 Å². The first-order valence-electron chi connectivity index (χ1n) is 8.50. The Labute approximate surface area is 145 Å². The van der Waals surface area contributed by atoms with Gasteiger partial charge in [-0.3, -0.25) is 0 Å². The average molecular weight is 333 g/mol. The van der Waals surface area contributed by atoms with E-state index in [0.717, 1.165) is 0 Å². The molecule has 0 radical (unpaired) electrons. The van der Waals surface area contributed by atoms with Crippen LogP contribution < -0.4 is 15.6 Å². The van der Waals surface area contributed by atoms with Gasteiger partial charge in [-0.05, 0) is 34.5 Å². The minimum absolute atomic E-state index is 0.337. The highest BCUT2D eigenvalue weighted by molar-refractivity contribution is 7.10. The summed E-state index contributed by atoms with van der Waals surface area (Å²) in [5.74, 6) is 0. The van der Waals surface area contributed by atoms with E-state index in [-0.39, 0.29) is 6.10 Å². The number of rotatable bonds is 5. The smallest absolute Gasteiger partial charge is 0.145 e. The van der Waals surface area contributed by atoms with E-state index >= 15 is 0 Å². The first kappa shape index (κ1) is 16.7. The Morgan fingerprint density at radius 2 is 1.21 bits per heavy atom. The fraction of sp³-hybridized carbons (Fsp3) is 0.182. The molecular formula is C22H24OSi. The van der Waals surface area contributed by atoms with Crippen LogP contribution in [0.2, 0.25) is 6.55 Å². The summed E-state index contributed by atoms with van der Waals surface area (Å²) in [6, 6.07) is 30.3. The molecule has 0 spiro atoms. The standard InChI is InChI=1S/C22H24OSi/c1-18(23)17-19-11-9-10-16-22(19)24(2,20-12-5-3-6-13-20)21-14-7-4-8-15-21/h3-16,18,23H,17H2,1-2H3. The van der Waals surface area contributed by atoms with E-state index in [2.05, 4.69) is 91.5 Å². The zero-order valence-electron chi connectivity index (χ0n) is 14.3. The third-order valence-corrected chi connectivity index (χ3v) is 9.31. The summed E-state index contributed by atoms with van der Waals surface area (Å²) in [5, 5.41) is 14.1. The molecule has 0 aliphatic rings. The lowest BCUT2D eigenvalue weighted by Gasteiger charge is -2.31. The van der Waals surface area contributed by atoms with E-state index in [1.54, 1.807) is 0 Å². The van der Waals surface area contributed by atoms with Gasteiger partial charge in [-0.25, -0.2) is 0 Å². The maximum atomic E-state index is 9.95. The van der Waals surface area contributed by atoms with Crippen molar-refractivity contribution in [3.05, 3.63) is 90.5 Å². The largest absolute Gasteiger partial charge is 0.393 e. The summed E-state index contributed by atoms with van der Waals surface area (Å²) >= 11 is 0. The van der Waals surface area contributed by atoms with Crippen molar-refractivity contribution in [1.29, 1.82) is 0 Å². The molecule has 0 bridgehead atoms. The van der Waals surface area contributed by atoms with Crippen LogP contribution in [0, 0.1) is 0 Å². The third-order valence-electron chi connectivity index (χ3n) is 4.77. The monoisotopic (exact) mass is 332 g/mol. The summed E-state index contributed by atoms with van der Waals surface area (Å²) in [6.45, 7) is 4.28. The van der Waals surface area contributed by atoms with Gasteiger partial charge in [0.1, 0.15) is 8.07 Å². The summed E-state index contributed by atoms with van der Waals surface area (Å²) < 4.78 is 0. The van der Waals surface area contributed by atoms with Gasteiger partial charge in [0.2, 0.25) is 0 Å². The molecule has 0 aliphatic heterocycles. The van der Waals surface area contributed by atoms with Crippen LogP contribution in [0.25, 0.3) is 0 Å². The molecule has 24 heavy (non-hydrogen) atoms. The second-order valence-corrected chi connectivity index (χ2v) is 10.5. The van der Waals surface area contributed by atoms with Gasteiger partial charge in [0.15, 0.2) is 0 Å². The fourth-order valence-corrected chi connectivity index (χ4v) is 7.46. The molecule has 1 unspecified atom stereocenters. The molecule has 1 N–H and O–H groups in total. The molecule has 1 nitrogen and oxygen atoms in total. The zero-order valence-corrected chi connectivity index (χ0v) is 15.3. The zero-order chi connectivity index (χ0) is 17.0. The van der Waals surface area contributed by atoms with Gasteiger partial charge in [-0.2, -0.15) is 0 Å². The van der Waals surface area contributed by atoms with Crippen LogP contribution in [0.3, 0.4) is 0 Å². The van der Waals surface area contributed by atoms with Gasteiger partial charge < -0.3 is 5.11 Å². The van der Waals surface area contributed by atoms with Crippen molar-refractivity contribution >= 4 is 23.6 Å². The predicted octanol–water partition coefficient (Wildman–Crippen LogP) is 2.71. The predicted molar refractivity (Wildman–Crippen MR) is 105 cm³/mol. The van der Waals surface area contributed by atoms with E-state index in [0.29, 0.717) is 6.42 Å². The third kappa shape index (κ3) is 3.21. The van der Waals surface area contributed by atoms with Crippen LogP contribution in [0.1, 0.15) is 12.5 Å². The number of hydrogen-bond acceptors (Lipinski definition) is 1. The maximum Gasteiger partial charge on any atom is 0.145 e. The molecule has 0 saturated carbocycles. The first-order valence-corrected chi connectivity index (χ1v) is 11.0. The molecule has 122 valence electrons. The summed E-state index contributed by atoms with van der Waals surface area (Å²) in [7, 11) is -2.10. The van der Waals surface area contributed by atoms with Gasteiger partial charge in [-0.1, -0.05) is 91.5 Å². The number of hydrogen-bond donors (Lipinski definition) is 1. The fourth-order valence-electron chi connectivity index (χ4n) is 3.52. The van der Waals surface area contributed by atoms with Crippen molar-refractivity contribution in [3.63, 3.8) is 0 Å². The topological polar surface area (TPSA) is 20.2 Å². The van der Waals surface area contributed by atoms with Crippen LogP contribution >= 0.6 is 0 Å². The van der Waals surface area contributed by atoms with Crippen molar-refractivity contribution in [2.75, 3.05) is 0 Å². The van der Waals surface area contributed by atoms with E-state index in [4.69, 9.17) is 0 Å². The number of aliphatic hydroxyl groups is 1. The van der Waals surface area contributed by atoms with Crippen LogP contribution in [-0.2, 0) is 6.42 Å². The summed E-state index contributed by atoms with van der Waals surface area (Å²) in [5.41, 5.74) is 1.26. The molecule has 0 heterocycles. The van der Waals surface area contributed by atoms with Gasteiger partial charge in [-0.15, -0.1) is 0 Å². The van der Waals surface area contributed by atoms with E-state index < -0.39 is 8.07 Å². The Morgan fingerprint density at radius 1 is 0.750 bits per heavy atom. The van der Waals surface area contributed by atoms with Crippen molar-refractivity contribution in [2.45, 2.75) is 26.0 Å². The van der Waals surface area contributed by atoms with Gasteiger partial charge in [0.05, 0.1) is 6.10 Å². The molecular weight excluding hydrogens is 308 g/mol. The van der Waals surface area contributed by atoms with Crippen molar-refractivity contribution in [1.82, 2.24) is 0 Å². The lowest BCUT2D eigenvalue weighted by atomic mass is 10.1. The van der Waals surface area contributed by atoms with Crippen LogP contribution in [0.4, 0.5) is 0 Å². The summed E-state index contributed by atoms with van der Waals surface area (Å²) in [4.78, 5) is 0. The Kier molecular flexibility index (Phi) is 4.98.